The Morgan fingerprint density at radius 2 is 2.16 bits per heavy atom. The van der Waals surface area contributed by atoms with Gasteiger partial charge < -0.3 is 9.88 Å². The average Bonchev–Trinajstić information content (AvgIpc) is 2.94. The fourth-order valence-corrected chi connectivity index (χ4v) is 3.85. The van der Waals surface area contributed by atoms with Gasteiger partial charge >= 0.3 is 0 Å². The normalized spacial score (nSPS) is 10.8. The molecule has 0 saturated carbocycles. The maximum absolute atomic E-state index is 12.3. The Hall–Kier alpha value is -2.05. The number of amides is 1. The van der Waals surface area contributed by atoms with E-state index in [1.807, 2.05) is 55.5 Å². The topological polar surface area (TPSA) is 46.9 Å². The summed E-state index contributed by atoms with van der Waals surface area (Å²) >= 11 is 4.86. The molecule has 2 aromatic carbocycles. The molecule has 0 aliphatic rings. The molecular formula is C19H18BrN3OS. The molecule has 1 amide bonds. The van der Waals surface area contributed by atoms with Crippen LogP contribution in [0.2, 0.25) is 0 Å². The van der Waals surface area contributed by atoms with Crippen molar-refractivity contribution < 1.29 is 4.79 Å². The lowest BCUT2D eigenvalue weighted by molar-refractivity contribution is -0.113. The molecule has 4 nitrogen and oxygen atoms in total. The van der Waals surface area contributed by atoms with Crippen LogP contribution in [-0.2, 0) is 11.3 Å². The van der Waals surface area contributed by atoms with Crippen molar-refractivity contribution in [1.29, 1.82) is 0 Å². The molecule has 1 heterocycles. The van der Waals surface area contributed by atoms with Crippen molar-refractivity contribution in [3.63, 3.8) is 0 Å². The van der Waals surface area contributed by atoms with E-state index in [-0.39, 0.29) is 5.91 Å². The number of nitrogens with one attached hydrogen (secondary N) is 1. The molecule has 1 N–H and O–H groups in total. The number of carbonyl (C=O) groups excluding carboxylic acids is 1. The zero-order valence-corrected chi connectivity index (χ0v) is 16.2. The molecule has 6 heteroatoms. The number of hydrogen-bond donors (Lipinski definition) is 1. The Balaban J connectivity index is 1.72. The molecule has 0 aliphatic carbocycles. The molecule has 0 saturated heterocycles. The summed E-state index contributed by atoms with van der Waals surface area (Å²) in [7, 11) is 0. The minimum absolute atomic E-state index is 0.0485. The number of benzene rings is 2. The highest BCUT2D eigenvalue weighted by molar-refractivity contribution is 9.10. The summed E-state index contributed by atoms with van der Waals surface area (Å²) in [5, 5.41) is 3.78. The van der Waals surface area contributed by atoms with Gasteiger partial charge in [-0.1, -0.05) is 45.9 Å². The lowest BCUT2D eigenvalue weighted by Crippen LogP contribution is -2.15. The second kappa shape index (κ2) is 7.89. The van der Waals surface area contributed by atoms with Crippen molar-refractivity contribution in [3.05, 3.63) is 65.2 Å². The number of rotatable bonds is 6. The minimum Gasteiger partial charge on any atom is -0.325 e. The first-order valence-electron chi connectivity index (χ1n) is 7.83. The van der Waals surface area contributed by atoms with Crippen LogP contribution in [-0.4, -0.2) is 21.2 Å². The quantitative estimate of drug-likeness (QED) is 0.453. The molecule has 0 spiro atoms. The van der Waals surface area contributed by atoms with Crippen molar-refractivity contribution in [2.75, 3.05) is 11.1 Å². The number of aryl methyl sites for hydroxylation is 1. The van der Waals surface area contributed by atoms with Crippen molar-refractivity contribution in [2.24, 2.45) is 0 Å². The number of hydrogen-bond acceptors (Lipinski definition) is 3. The summed E-state index contributed by atoms with van der Waals surface area (Å²) in [4.78, 5) is 16.9. The van der Waals surface area contributed by atoms with Crippen molar-refractivity contribution in [2.45, 2.75) is 18.6 Å². The van der Waals surface area contributed by atoms with E-state index in [0.717, 1.165) is 31.9 Å². The Kier molecular flexibility index (Phi) is 5.60. The van der Waals surface area contributed by atoms with E-state index >= 15 is 0 Å². The number of nitrogens with zero attached hydrogens (tertiary/aromatic N) is 2. The van der Waals surface area contributed by atoms with E-state index < -0.39 is 0 Å². The van der Waals surface area contributed by atoms with Gasteiger partial charge in [-0.25, -0.2) is 4.98 Å². The number of fused-ring (bicyclic) bond motifs is 1. The van der Waals surface area contributed by atoms with Crippen molar-refractivity contribution >= 4 is 50.3 Å². The third-order valence-corrected chi connectivity index (χ3v) is 5.20. The van der Waals surface area contributed by atoms with Gasteiger partial charge in [0.15, 0.2) is 5.16 Å². The summed E-state index contributed by atoms with van der Waals surface area (Å²) < 4.78 is 3.07. The number of thioether (sulfide) groups is 1. The summed E-state index contributed by atoms with van der Waals surface area (Å²) in [6.07, 6.45) is 1.84. The van der Waals surface area contributed by atoms with Gasteiger partial charge in [0, 0.05) is 16.7 Å². The predicted molar refractivity (Wildman–Crippen MR) is 108 cm³/mol. The molecule has 0 fully saturated rings. The Morgan fingerprint density at radius 1 is 1.36 bits per heavy atom. The van der Waals surface area contributed by atoms with Crippen LogP contribution in [0, 0.1) is 6.92 Å². The smallest absolute Gasteiger partial charge is 0.234 e. The van der Waals surface area contributed by atoms with Crippen LogP contribution < -0.4 is 5.32 Å². The molecule has 3 rings (SSSR count). The molecule has 0 bridgehead atoms. The van der Waals surface area contributed by atoms with E-state index in [2.05, 4.69) is 37.4 Å². The van der Waals surface area contributed by atoms with Crippen LogP contribution in [0.1, 0.15) is 5.56 Å². The number of imidazole rings is 1. The number of anilines is 1. The first-order valence-corrected chi connectivity index (χ1v) is 9.61. The number of halogens is 1. The van der Waals surface area contributed by atoms with E-state index in [1.165, 1.54) is 11.8 Å². The van der Waals surface area contributed by atoms with Crippen LogP contribution in [0.4, 0.5) is 5.69 Å². The largest absolute Gasteiger partial charge is 0.325 e. The van der Waals surface area contributed by atoms with Crippen LogP contribution in [0.15, 0.2) is 64.7 Å². The number of allylic oxidation sites excluding steroid dienone is 1. The molecule has 1 aromatic heterocycles. The van der Waals surface area contributed by atoms with Gasteiger partial charge in [-0.15, -0.1) is 6.58 Å². The van der Waals surface area contributed by atoms with Gasteiger partial charge in [0.25, 0.3) is 0 Å². The highest BCUT2D eigenvalue weighted by Crippen LogP contribution is 2.25. The number of carbonyl (C=O) groups is 1. The zero-order valence-electron chi connectivity index (χ0n) is 13.8. The first-order chi connectivity index (χ1) is 12.1. The standard InChI is InChI=1S/C19H18BrN3OS/c1-3-10-23-17-7-5-4-6-16(17)22-19(23)25-12-18(24)21-15-9-8-14(20)11-13(15)2/h3-9,11H,1,10,12H2,2H3,(H,21,24). The lowest BCUT2D eigenvalue weighted by atomic mass is 10.2. The summed E-state index contributed by atoms with van der Waals surface area (Å²) in [5.41, 5.74) is 3.82. The van der Waals surface area contributed by atoms with E-state index in [0.29, 0.717) is 12.3 Å². The molecular weight excluding hydrogens is 398 g/mol. The Labute approximate surface area is 159 Å². The Morgan fingerprint density at radius 3 is 2.92 bits per heavy atom. The second-order valence-corrected chi connectivity index (χ2v) is 7.44. The maximum Gasteiger partial charge on any atom is 0.234 e. The highest BCUT2D eigenvalue weighted by Gasteiger charge is 2.12. The van der Waals surface area contributed by atoms with Gasteiger partial charge in [-0.3, -0.25) is 4.79 Å². The number of para-hydroxylation sites is 2. The monoisotopic (exact) mass is 415 g/mol. The molecule has 0 radical (unpaired) electrons. The highest BCUT2D eigenvalue weighted by atomic mass is 79.9. The maximum atomic E-state index is 12.3. The van der Waals surface area contributed by atoms with Gasteiger partial charge in [0.1, 0.15) is 0 Å². The van der Waals surface area contributed by atoms with Crippen LogP contribution in [0.5, 0.6) is 0 Å². The average molecular weight is 416 g/mol. The zero-order chi connectivity index (χ0) is 17.8. The molecule has 0 unspecified atom stereocenters. The SMILES string of the molecule is C=CCn1c(SCC(=O)Nc2ccc(Br)cc2C)nc2ccccc21. The summed E-state index contributed by atoms with van der Waals surface area (Å²) in [6.45, 7) is 6.44. The minimum atomic E-state index is -0.0485. The van der Waals surface area contributed by atoms with Crippen LogP contribution >= 0.6 is 27.7 Å². The molecule has 0 atom stereocenters. The molecule has 128 valence electrons. The van der Waals surface area contributed by atoms with E-state index in [4.69, 9.17) is 0 Å². The first kappa shape index (κ1) is 17.8. The number of aromatic nitrogens is 2. The summed E-state index contributed by atoms with van der Waals surface area (Å²) in [5.74, 6) is 0.253. The van der Waals surface area contributed by atoms with Gasteiger partial charge in [0.05, 0.1) is 16.8 Å². The van der Waals surface area contributed by atoms with Crippen LogP contribution in [0.3, 0.4) is 0 Å². The fraction of sp³-hybridized carbons (Fsp3) is 0.158. The molecule has 25 heavy (non-hydrogen) atoms. The molecule has 0 aliphatic heterocycles. The van der Waals surface area contributed by atoms with Crippen LogP contribution in [0.25, 0.3) is 11.0 Å². The van der Waals surface area contributed by atoms with Gasteiger partial charge in [-0.05, 0) is 42.8 Å². The predicted octanol–water partition coefficient (Wildman–Crippen LogP) is 5.02. The lowest BCUT2D eigenvalue weighted by Gasteiger charge is -2.09. The van der Waals surface area contributed by atoms with Crippen molar-refractivity contribution in [1.82, 2.24) is 9.55 Å². The van der Waals surface area contributed by atoms with Gasteiger partial charge in [-0.2, -0.15) is 0 Å². The molecule has 3 aromatic rings. The Bertz CT molecular complexity index is 936. The third-order valence-electron chi connectivity index (χ3n) is 3.73. The summed E-state index contributed by atoms with van der Waals surface area (Å²) in [6, 6.07) is 13.7. The van der Waals surface area contributed by atoms with E-state index in [9.17, 15) is 4.79 Å². The van der Waals surface area contributed by atoms with E-state index in [1.54, 1.807) is 0 Å². The fourth-order valence-electron chi connectivity index (χ4n) is 2.55. The second-order valence-electron chi connectivity index (χ2n) is 5.58. The van der Waals surface area contributed by atoms with Gasteiger partial charge in [0.2, 0.25) is 5.91 Å². The van der Waals surface area contributed by atoms with Crippen molar-refractivity contribution in [3.8, 4) is 0 Å². The third kappa shape index (κ3) is 4.14.